The molecule has 0 aromatic carbocycles. The Hall–Kier alpha value is -0.770. The number of carbonyl (C=O) groups is 2. The molecule has 0 aliphatic carbocycles. The molecule has 0 spiro atoms. The highest BCUT2D eigenvalue weighted by atomic mass is 35.5. The van der Waals surface area contributed by atoms with Gasteiger partial charge in [0.1, 0.15) is 0 Å². The fourth-order valence-corrected chi connectivity index (χ4v) is 0.767. The van der Waals surface area contributed by atoms with Gasteiger partial charge in [-0.25, -0.2) is 4.79 Å². The van der Waals surface area contributed by atoms with Gasteiger partial charge in [-0.3, -0.25) is 4.79 Å². The first kappa shape index (κ1) is 11.2. The molecule has 1 unspecified atom stereocenters. The van der Waals surface area contributed by atoms with Crippen LogP contribution in [-0.4, -0.2) is 30.5 Å². The van der Waals surface area contributed by atoms with Gasteiger partial charge in [-0.2, -0.15) is 0 Å². The number of halogens is 1. The van der Waals surface area contributed by atoms with E-state index in [1.165, 1.54) is 6.92 Å². The Labute approximate surface area is 75.8 Å². The van der Waals surface area contributed by atoms with Gasteiger partial charge in [-0.15, -0.1) is 11.6 Å². The highest BCUT2D eigenvalue weighted by Crippen LogP contribution is 1.99. The van der Waals surface area contributed by atoms with Crippen molar-refractivity contribution in [3.63, 3.8) is 0 Å². The van der Waals surface area contributed by atoms with Gasteiger partial charge in [-0.1, -0.05) is 0 Å². The van der Waals surface area contributed by atoms with Crippen molar-refractivity contribution >= 4 is 23.5 Å². The van der Waals surface area contributed by atoms with Crippen molar-refractivity contribution in [3.8, 4) is 0 Å². The smallest absolute Gasteiger partial charge is 0.348 e. The maximum Gasteiger partial charge on any atom is 0.348 e. The largest absolute Gasteiger partial charge is 0.463 e. The Morgan fingerprint density at radius 2 is 2.08 bits per heavy atom. The van der Waals surface area contributed by atoms with Crippen molar-refractivity contribution in [1.82, 2.24) is 0 Å². The molecule has 0 bridgehead atoms. The lowest BCUT2D eigenvalue weighted by Crippen LogP contribution is -2.29. The first-order valence-electron chi connectivity index (χ1n) is 3.51. The zero-order valence-corrected chi connectivity index (χ0v) is 7.76. The maximum absolute atomic E-state index is 10.9. The van der Waals surface area contributed by atoms with Crippen molar-refractivity contribution in [3.05, 3.63) is 0 Å². The van der Waals surface area contributed by atoms with Crippen molar-refractivity contribution in [2.45, 2.75) is 20.0 Å². The third kappa shape index (κ3) is 4.18. The molecule has 0 saturated carbocycles. The first-order valence-corrected chi connectivity index (χ1v) is 4.05. The molecular weight excluding hydrogens is 184 g/mol. The second-order valence-corrected chi connectivity index (χ2v) is 2.31. The molecule has 0 aromatic heterocycles. The average Bonchev–Trinajstić information content (AvgIpc) is 2.00. The van der Waals surface area contributed by atoms with Gasteiger partial charge in [-0.05, 0) is 6.92 Å². The maximum atomic E-state index is 10.9. The summed E-state index contributed by atoms with van der Waals surface area (Å²) in [5, 5.41) is 0. The Morgan fingerprint density at radius 3 is 2.42 bits per heavy atom. The molecule has 12 heavy (non-hydrogen) atoms. The van der Waals surface area contributed by atoms with E-state index in [4.69, 9.17) is 11.6 Å². The number of ether oxygens (including phenoxy) is 2. The summed E-state index contributed by atoms with van der Waals surface area (Å²) in [6, 6.07) is 0. The second-order valence-electron chi connectivity index (χ2n) is 2.00. The van der Waals surface area contributed by atoms with Crippen molar-refractivity contribution in [1.29, 1.82) is 0 Å². The number of carbonyl (C=O) groups excluding carboxylic acids is 2. The molecule has 0 saturated heterocycles. The van der Waals surface area contributed by atoms with Gasteiger partial charge in [0.15, 0.2) is 0 Å². The van der Waals surface area contributed by atoms with E-state index in [2.05, 4.69) is 9.47 Å². The number of rotatable bonds is 4. The molecule has 0 amide bonds. The summed E-state index contributed by atoms with van der Waals surface area (Å²) in [5.74, 6) is -1.24. The molecule has 0 aliphatic rings. The third-order valence-electron chi connectivity index (χ3n) is 0.998. The Bertz CT molecular complexity index is 169. The third-order valence-corrected chi connectivity index (χ3v) is 1.28. The summed E-state index contributed by atoms with van der Waals surface area (Å²) >= 11 is 5.36. The zero-order chi connectivity index (χ0) is 9.56. The molecule has 0 aromatic rings. The lowest BCUT2D eigenvalue weighted by atomic mass is 10.4. The predicted molar refractivity (Wildman–Crippen MR) is 42.9 cm³/mol. The molecule has 0 rings (SSSR count). The van der Waals surface area contributed by atoms with Crippen LogP contribution in [0.4, 0.5) is 0 Å². The van der Waals surface area contributed by atoms with Crippen LogP contribution in [0.2, 0.25) is 0 Å². The Balaban J connectivity index is 3.96. The molecule has 5 heteroatoms. The van der Waals surface area contributed by atoms with Crippen LogP contribution in [0.5, 0.6) is 0 Å². The minimum Gasteiger partial charge on any atom is -0.463 e. The van der Waals surface area contributed by atoms with Crippen LogP contribution >= 0.6 is 11.6 Å². The molecular formula is C7H11ClO4. The van der Waals surface area contributed by atoms with E-state index < -0.39 is 18.0 Å². The lowest BCUT2D eigenvalue weighted by Gasteiger charge is -2.11. The topological polar surface area (TPSA) is 52.6 Å². The van der Waals surface area contributed by atoms with Gasteiger partial charge in [0.05, 0.1) is 12.5 Å². The molecule has 0 fully saturated rings. The van der Waals surface area contributed by atoms with Crippen molar-refractivity contribution < 1.29 is 19.1 Å². The van der Waals surface area contributed by atoms with Gasteiger partial charge < -0.3 is 9.47 Å². The number of esters is 2. The standard InChI is InChI=1S/C7H11ClO4/c1-3-11-7(10)6(4-8)12-5(2)9/h6H,3-4H2,1-2H3. The molecule has 0 aliphatic heterocycles. The zero-order valence-electron chi connectivity index (χ0n) is 7.00. The summed E-state index contributed by atoms with van der Waals surface area (Å²) in [5.41, 5.74) is 0. The van der Waals surface area contributed by atoms with Crippen molar-refractivity contribution in [2.75, 3.05) is 12.5 Å². The van der Waals surface area contributed by atoms with E-state index in [9.17, 15) is 9.59 Å². The Kier molecular flexibility index (Phi) is 5.45. The monoisotopic (exact) mass is 194 g/mol. The Morgan fingerprint density at radius 1 is 1.50 bits per heavy atom. The molecule has 4 nitrogen and oxygen atoms in total. The van der Waals surface area contributed by atoms with E-state index in [0.717, 1.165) is 0 Å². The summed E-state index contributed by atoms with van der Waals surface area (Å²) in [6.45, 7) is 3.11. The van der Waals surface area contributed by atoms with Gasteiger partial charge in [0.2, 0.25) is 6.10 Å². The van der Waals surface area contributed by atoms with Crippen LogP contribution in [0.3, 0.4) is 0 Å². The summed E-state index contributed by atoms with van der Waals surface area (Å²) < 4.78 is 9.16. The predicted octanol–water partition coefficient (Wildman–Crippen LogP) is 0.720. The van der Waals surface area contributed by atoms with Crippen LogP contribution in [0, 0.1) is 0 Å². The normalized spacial score (nSPS) is 11.9. The van der Waals surface area contributed by atoms with E-state index in [-0.39, 0.29) is 12.5 Å². The van der Waals surface area contributed by atoms with Crippen LogP contribution in [0.25, 0.3) is 0 Å². The van der Waals surface area contributed by atoms with Gasteiger partial charge >= 0.3 is 11.9 Å². The van der Waals surface area contributed by atoms with Crippen LogP contribution in [-0.2, 0) is 19.1 Å². The highest BCUT2D eigenvalue weighted by molar-refractivity contribution is 6.19. The quantitative estimate of drug-likeness (QED) is 0.489. The first-order chi connectivity index (χ1) is 5.61. The fraction of sp³-hybridized carbons (Fsp3) is 0.714. The highest BCUT2D eigenvalue weighted by Gasteiger charge is 2.21. The SMILES string of the molecule is CCOC(=O)C(CCl)OC(C)=O. The van der Waals surface area contributed by atoms with Gasteiger partial charge in [0.25, 0.3) is 0 Å². The molecule has 70 valence electrons. The number of hydrogen-bond acceptors (Lipinski definition) is 4. The summed E-state index contributed by atoms with van der Waals surface area (Å²) in [4.78, 5) is 21.4. The van der Waals surface area contributed by atoms with E-state index in [0.29, 0.717) is 0 Å². The van der Waals surface area contributed by atoms with Crippen LogP contribution in [0.15, 0.2) is 0 Å². The van der Waals surface area contributed by atoms with Crippen LogP contribution in [0.1, 0.15) is 13.8 Å². The second kappa shape index (κ2) is 5.83. The van der Waals surface area contributed by atoms with Crippen LogP contribution < -0.4 is 0 Å². The van der Waals surface area contributed by atoms with E-state index >= 15 is 0 Å². The summed E-state index contributed by atoms with van der Waals surface area (Å²) in [6.07, 6.45) is -0.982. The minimum atomic E-state index is -0.982. The molecule has 1 atom stereocenters. The molecule has 0 radical (unpaired) electrons. The number of hydrogen-bond donors (Lipinski definition) is 0. The van der Waals surface area contributed by atoms with E-state index in [1.807, 2.05) is 0 Å². The number of alkyl halides is 1. The van der Waals surface area contributed by atoms with Crippen molar-refractivity contribution in [2.24, 2.45) is 0 Å². The average molecular weight is 195 g/mol. The van der Waals surface area contributed by atoms with Gasteiger partial charge in [0, 0.05) is 6.92 Å². The fourth-order valence-electron chi connectivity index (χ4n) is 0.578. The summed E-state index contributed by atoms with van der Waals surface area (Å²) in [7, 11) is 0. The minimum absolute atomic E-state index is 0.0849. The lowest BCUT2D eigenvalue weighted by molar-refractivity contribution is -0.164. The molecule has 0 heterocycles. The molecule has 0 N–H and O–H groups in total. The van der Waals surface area contributed by atoms with E-state index in [1.54, 1.807) is 6.92 Å².